The zero-order valence-corrected chi connectivity index (χ0v) is 47.8. The van der Waals surface area contributed by atoms with Crippen LogP contribution in [-0.4, -0.2) is 23.4 Å². The minimum absolute atomic E-state index is 1.03. The van der Waals surface area contributed by atoms with Crippen LogP contribution in [0.25, 0.3) is 22.5 Å². The van der Waals surface area contributed by atoms with Crippen molar-refractivity contribution in [2.24, 2.45) is 0 Å². The average molecular weight is 1400 g/mol. The second-order valence-corrected chi connectivity index (χ2v) is 20.5. The third kappa shape index (κ3) is 14.1. The highest BCUT2D eigenvalue weighted by Crippen LogP contribution is 2.32. The molecule has 0 aliphatic rings. The molecule has 96 heavy (non-hydrogen) atoms. The quantitative estimate of drug-likeness (QED) is 0.0300. The SMILES string of the molecule is CCCCCCCCCCCc1nc(-c2ccccc2)c(-c2ccccc2)[nH]1.Fc1c(F)c(F)c(B(c2c(F)c(F)c(F)c(F)c2F)c2c(F)c(F)c(F)c(F)c2F)c(F)c1F.Fc1c(F)c(F)c(B(c2c(F)c(F)c(F)c(F)c2F)c2c(F)c(F)c(F)c(F)c2F)c(F)c1F. The molecule has 0 aliphatic carbocycles. The molecule has 0 radical (unpaired) electrons. The molecule has 1 heterocycles. The van der Waals surface area contributed by atoms with Crippen LogP contribution >= 0.6 is 0 Å². The number of aryl methyl sites for hydroxylation is 1. The van der Waals surface area contributed by atoms with Crippen molar-refractivity contribution in [2.45, 2.75) is 71.1 Å². The number of nitrogens with one attached hydrogen (secondary N) is 1. The molecule has 0 amide bonds. The van der Waals surface area contributed by atoms with E-state index in [0.717, 1.165) is 23.6 Å². The molecule has 0 unspecified atom stereocenters. The van der Waals surface area contributed by atoms with Gasteiger partial charge in [0.25, 0.3) is 13.4 Å². The number of benzene rings is 8. The summed E-state index contributed by atoms with van der Waals surface area (Å²) in [6, 6.07) is 21.1. The Labute approximate surface area is 521 Å². The van der Waals surface area contributed by atoms with Gasteiger partial charge in [-0.15, -0.1) is 0 Å². The molecule has 1 N–H and O–H groups in total. The van der Waals surface area contributed by atoms with E-state index in [2.05, 4.69) is 72.6 Å². The fourth-order valence-corrected chi connectivity index (χ4v) is 9.88. The van der Waals surface area contributed by atoms with Crippen molar-refractivity contribution in [3.63, 3.8) is 0 Å². The maximum atomic E-state index is 14.4. The Morgan fingerprint density at radius 2 is 0.448 bits per heavy atom. The predicted octanol–water partition coefficient (Wildman–Crippen LogP) is 16.4. The number of imidazole rings is 1. The van der Waals surface area contributed by atoms with Gasteiger partial charge in [0.15, 0.2) is 175 Å². The molecule has 8 aromatic carbocycles. The predicted molar refractivity (Wildman–Crippen MR) is 287 cm³/mol. The molecule has 0 bridgehead atoms. The van der Waals surface area contributed by atoms with E-state index < -0.39 is 221 Å². The van der Waals surface area contributed by atoms with Gasteiger partial charge in [0.2, 0.25) is 0 Å². The van der Waals surface area contributed by atoms with Crippen LogP contribution in [0.15, 0.2) is 60.7 Å². The topological polar surface area (TPSA) is 28.7 Å². The van der Waals surface area contributed by atoms with E-state index in [0.29, 0.717) is 0 Å². The first-order valence-electron chi connectivity index (χ1n) is 27.5. The second kappa shape index (κ2) is 30.8. The Morgan fingerprint density at radius 3 is 0.677 bits per heavy atom. The molecule has 9 rings (SSSR count). The lowest BCUT2D eigenvalue weighted by atomic mass is 9.36. The van der Waals surface area contributed by atoms with Gasteiger partial charge < -0.3 is 4.98 Å². The van der Waals surface area contributed by atoms with Crippen LogP contribution in [0.5, 0.6) is 0 Å². The summed E-state index contributed by atoms with van der Waals surface area (Å²) >= 11 is 0. The summed E-state index contributed by atoms with van der Waals surface area (Å²) in [5, 5.41) is 0. The highest BCUT2D eigenvalue weighted by molar-refractivity contribution is 6.96. The molecular weight excluding hydrogens is 1360 g/mol. The van der Waals surface area contributed by atoms with Crippen LogP contribution in [0, 0.1) is 175 Å². The number of aromatic nitrogens is 2. The van der Waals surface area contributed by atoms with Crippen LogP contribution in [0.3, 0.4) is 0 Å². The average Bonchev–Trinajstić information content (AvgIpc) is 0.886. The summed E-state index contributed by atoms with van der Waals surface area (Å²) in [5.74, 6) is -89.3. The molecule has 0 fully saturated rings. The minimum Gasteiger partial charge on any atom is -0.341 e. The number of unbranched alkanes of at least 4 members (excludes halogenated alkanes) is 8. The number of hydrogen-bond donors (Lipinski definition) is 1. The third-order valence-corrected chi connectivity index (χ3v) is 14.6. The highest BCUT2D eigenvalue weighted by atomic mass is 19.2. The highest BCUT2D eigenvalue weighted by Gasteiger charge is 2.47. The second-order valence-electron chi connectivity index (χ2n) is 20.5. The van der Waals surface area contributed by atoms with Crippen molar-refractivity contribution in [2.75, 3.05) is 0 Å². The van der Waals surface area contributed by atoms with Crippen LogP contribution in [-0.2, 0) is 6.42 Å². The molecule has 2 nitrogen and oxygen atoms in total. The smallest absolute Gasteiger partial charge is 0.265 e. The molecule has 0 aliphatic heterocycles. The molecule has 0 spiro atoms. The first kappa shape index (κ1) is 74.4. The van der Waals surface area contributed by atoms with E-state index in [1.165, 1.54) is 68.9 Å². The number of nitrogens with zero attached hydrogens (tertiary/aromatic N) is 1. The lowest BCUT2D eigenvalue weighted by molar-refractivity contribution is 0.380. The fraction of sp³-hybridized carbons (Fsp3) is 0.177. The zero-order chi connectivity index (χ0) is 71.4. The molecule has 508 valence electrons. The number of rotatable bonds is 18. The fourth-order valence-electron chi connectivity index (χ4n) is 9.88. The van der Waals surface area contributed by atoms with E-state index in [9.17, 15) is 132 Å². The number of hydrogen-bond acceptors (Lipinski definition) is 1. The molecule has 0 saturated heterocycles. The number of halogens is 30. The molecule has 0 atom stereocenters. The van der Waals surface area contributed by atoms with Crippen molar-refractivity contribution >= 4 is 46.2 Å². The lowest BCUT2D eigenvalue weighted by Crippen LogP contribution is -2.60. The van der Waals surface area contributed by atoms with Crippen molar-refractivity contribution in [3.8, 4) is 22.5 Å². The molecular formula is C62H34B2F30N2. The third-order valence-electron chi connectivity index (χ3n) is 14.6. The molecule has 34 heteroatoms. The maximum Gasteiger partial charge on any atom is 0.265 e. The normalized spacial score (nSPS) is 11.3. The Morgan fingerprint density at radius 1 is 0.250 bits per heavy atom. The van der Waals surface area contributed by atoms with Crippen LogP contribution < -0.4 is 32.8 Å². The summed E-state index contributed by atoms with van der Waals surface area (Å²) < 4.78 is 417. The van der Waals surface area contributed by atoms with Gasteiger partial charge in [-0.1, -0.05) is 119 Å². The summed E-state index contributed by atoms with van der Waals surface area (Å²) in [6.45, 7) is -5.64. The van der Waals surface area contributed by atoms with Crippen LogP contribution in [0.2, 0.25) is 0 Å². The van der Waals surface area contributed by atoms with Gasteiger partial charge in [0, 0.05) is 50.3 Å². The number of H-pyrrole nitrogens is 1. The lowest BCUT2D eigenvalue weighted by Gasteiger charge is -2.21. The van der Waals surface area contributed by atoms with Gasteiger partial charge in [0.1, 0.15) is 5.82 Å². The van der Waals surface area contributed by atoms with Gasteiger partial charge in [-0.05, 0) is 6.42 Å². The van der Waals surface area contributed by atoms with E-state index >= 15 is 0 Å². The summed E-state index contributed by atoms with van der Waals surface area (Å²) in [7, 11) is 0. The van der Waals surface area contributed by atoms with Gasteiger partial charge in [-0.2, -0.15) is 0 Å². The van der Waals surface area contributed by atoms with Crippen LogP contribution in [0.1, 0.15) is 70.5 Å². The Bertz CT molecular complexity index is 3650. The summed E-state index contributed by atoms with van der Waals surface area (Å²) in [5.41, 5.74) is -11.5. The Hall–Kier alpha value is -9.00. The number of aromatic amines is 1. The standard InChI is InChI=1S/C26H34N2.2C18BF15/c1-2-3-4-5-6-7-8-9-16-21-24-27-25(22-17-12-10-13-18-22)26(28-24)23-19-14-11-15-20-23;2*20-4-1(5(21)11(27)16(32)10(4)26)19(2-6(22)12(28)17(33)13(29)7(2)23)3-8(24)14(30)18(34)15(31)9(3)25/h10-15,17-20H,2-9,16,21H2,1H3,(H,27,28);;. The Balaban J connectivity index is 0.000000204. The first-order chi connectivity index (χ1) is 45.2. The van der Waals surface area contributed by atoms with Crippen LogP contribution in [0.4, 0.5) is 132 Å². The van der Waals surface area contributed by atoms with E-state index in [-0.39, 0.29) is 0 Å². The largest absolute Gasteiger partial charge is 0.341 e. The van der Waals surface area contributed by atoms with Gasteiger partial charge in [-0.3, -0.25) is 0 Å². The zero-order valence-electron chi connectivity index (χ0n) is 47.8. The van der Waals surface area contributed by atoms with E-state index in [4.69, 9.17) is 4.98 Å². The van der Waals surface area contributed by atoms with Gasteiger partial charge >= 0.3 is 0 Å². The van der Waals surface area contributed by atoms with Crippen molar-refractivity contribution in [1.29, 1.82) is 0 Å². The van der Waals surface area contributed by atoms with Crippen molar-refractivity contribution < 1.29 is 132 Å². The molecule has 0 saturated carbocycles. The monoisotopic (exact) mass is 1400 g/mol. The van der Waals surface area contributed by atoms with E-state index in [1.54, 1.807) is 0 Å². The van der Waals surface area contributed by atoms with Gasteiger partial charge in [0.05, 0.1) is 11.4 Å². The maximum absolute atomic E-state index is 14.4. The summed E-state index contributed by atoms with van der Waals surface area (Å²) in [4.78, 5) is 8.58. The van der Waals surface area contributed by atoms with Crippen molar-refractivity contribution in [1.82, 2.24) is 9.97 Å². The molecule has 1 aromatic heterocycles. The van der Waals surface area contributed by atoms with Crippen molar-refractivity contribution in [3.05, 3.63) is 241 Å². The minimum atomic E-state index is -3.96. The van der Waals surface area contributed by atoms with E-state index in [1.807, 2.05) is 0 Å². The first-order valence-corrected chi connectivity index (χ1v) is 27.5. The Kier molecular flexibility index (Phi) is 23.9. The van der Waals surface area contributed by atoms with Gasteiger partial charge in [-0.25, -0.2) is 137 Å². The summed E-state index contributed by atoms with van der Waals surface area (Å²) in [6.07, 6.45) is 13.2. The molecule has 9 aromatic rings.